The highest BCUT2D eigenvalue weighted by molar-refractivity contribution is 5.48. The lowest BCUT2D eigenvalue weighted by Crippen LogP contribution is -2.20. The van der Waals surface area contributed by atoms with Crippen LogP contribution in [0.4, 0.5) is 0 Å². The summed E-state index contributed by atoms with van der Waals surface area (Å²) in [5, 5.41) is 0. The molecule has 1 atom stereocenters. The molecule has 144 valence electrons. The Morgan fingerprint density at radius 1 is 0.889 bits per heavy atom. The highest BCUT2D eigenvalue weighted by Gasteiger charge is 2.08. The smallest absolute Gasteiger partial charge is 0.199 e. The van der Waals surface area contributed by atoms with Crippen LogP contribution in [-0.2, 0) is 11.2 Å². The normalized spacial score (nSPS) is 11.6. The second-order valence-electron chi connectivity index (χ2n) is 6.29. The highest BCUT2D eigenvalue weighted by Crippen LogP contribution is 2.17. The Balaban J connectivity index is 1.61. The minimum absolute atomic E-state index is 0.224. The maximum absolute atomic E-state index is 5.88. The molecule has 0 aliphatic carbocycles. The lowest BCUT2D eigenvalue weighted by molar-refractivity contribution is -0.0828. The van der Waals surface area contributed by atoms with Crippen LogP contribution in [0, 0.1) is 0 Å². The van der Waals surface area contributed by atoms with Gasteiger partial charge < -0.3 is 14.2 Å². The van der Waals surface area contributed by atoms with E-state index in [0.29, 0.717) is 13.2 Å². The van der Waals surface area contributed by atoms with E-state index >= 15 is 0 Å². The molecule has 3 nitrogen and oxygen atoms in total. The van der Waals surface area contributed by atoms with Gasteiger partial charge in [-0.1, -0.05) is 49.9 Å². The van der Waals surface area contributed by atoms with Crippen molar-refractivity contribution in [1.82, 2.24) is 0 Å². The van der Waals surface area contributed by atoms with Crippen LogP contribution < -0.4 is 9.47 Å². The van der Waals surface area contributed by atoms with Crippen molar-refractivity contribution in [3.8, 4) is 11.5 Å². The predicted octanol–water partition coefficient (Wildman–Crippen LogP) is 6.05. The maximum atomic E-state index is 5.88. The van der Waals surface area contributed by atoms with Gasteiger partial charge in [0, 0.05) is 6.42 Å². The van der Waals surface area contributed by atoms with E-state index < -0.39 is 0 Å². The molecule has 0 aromatic heterocycles. The van der Waals surface area contributed by atoms with Gasteiger partial charge in [-0.2, -0.15) is 0 Å². The largest absolute Gasteiger partial charge is 0.494 e. The number of unbranched alkanes of at least 4 members (excludes halogenated alkanes) is 1. The van der Waals surface area contributed by atoms with Gasteiger partial charge in [0.25, 0.3) is 0 Å². The zero-order chi connectivity index (χ0) is 19.3. The van der Waals surface area contributed by atoms with E-state index in [1.165, 1.54) is 5.56 Å². The predicted molar refractivity (Wildman–Crippen MR) is 112 cm³/mol. The fraction of sp³-hybridized carbons (Fsp3) is 0.333. The Kier molecular flexibility index (Phi) is 9.22. The second kappa shape index (κ2) is 12.0. The number of allylic oxidation sites excluding steroid dienone is 1. The number of hydrogen-bond acceptors (Lipinski definition) is 3. The molecule has 3 heteroatoms. The first-order valence-electron chi connectivity index (χ1n) is 9.58. The van der Waals surface area contributed by atoms with Crippen LogP contribution in [0.1, 0.15) is 37.3 Å². The van der Waals surface area contributed by atoms with Crippen molar-refractivity contribution in [3.05, 3.63) is 78.9 Å². The van der Waals surface area contributed by atoms with Crippen LogP contribution >= 0.6 is 0 Å². The van der Waals surface area contributed by atoms with Gasteiger partial charge in [-0.25, -0.2) is 0 Å². The summed E-state index contributed by atoms with van der Waals surface area (Å²) < 4.78 is 17.5. The molecule has 0 fully saturated rings. The van der Waals surface area contributed by atoms with Crippen molar-refractivity contribution in [2.45, 2.75) is 38.9 Å². The van der Waals surface area contributed by atoms with Gasteiger partial charge in [-0.3, -0.25) is 0 Å². The first-order chi connectivity index (χ1) is 13.2. The van der Waals surface area contributed by atoms with Gasteiger partial charge in [0.1, 0.15) is 11.5 Å². The summed E-state index contributed by atoms with van der Waals surface area (Å²) in [6.45, 7) is 10.9. The molecular formula is C24H30O3. The summed E-state index contributed by atoms with van der Waals surface area (Å²) in [4.78, 5) is 0. The molecule has 0 aliphatic rings. The van der Waals surface area contributed by atoms with Gasteiger partial charge >= 0.3 is 0 Å². The molecule has 2 aromatic rings. The van der Waals surface area contributed by atoms with Crippen molar-refractivity contribution in [2.75, 3.05) is 13.2 Å². The van der Waals surface area contributed by atoms with Gasteiger partial charge in [0.15, 0.2) is 6.29 Å². The average molecular weight is 367 g/mol. The van der Waals surface area contributed by atoms with Crippen LogP contribution in [0.25, 0.3) is 6.08 Å². The molecule has 2 rings (SSSR count). The molecule has 0 bridgehead atoms. The van der Waals surface area contributed by atoms with Gasteiger partial charge in [0.2, 0.25) is 0 Å². The monoisotopic (exact) mass is 366 g/mol. The minimum atomic E-state index is -0.224. The standard InChI is InChI=1S/C24H30O3/c1-4-9-21-12-14-22(15-13-21)25-18-7-8-19-26-24(6-3)27-23-16-10-20(5-2)11-17-23/h4-5,10-17,24H,1-2,6-9,18-19H2,3H3. The summed E-state index contributed by atoms with van der Waals surface area (Å²) in [6.07, 6.45) is 7.06. The topological polar surface area (TPSA) is 27.7 Å². The molecule has 0 saturated carbocycles. The van der Waals surface area contributed by atoms with E-state index in [-0.39, 0.29) is 6.29 Å². The van der Waals surface area contributed by atoms with Crippen molar-refractivity contribution in [3.63, 3.8) is 0 Å². The highest BCUT2D eigenvalue weighted by atomic mass is 16.7. The van der Waals surface area contributed by atoms with Crippen LogP contribution in [0.5, 0.6) is 11.5 Å². The van der Waals surface area contributed by atoms with Gasteiger partial charge in [-0.05, 0) is 54.7 Å². The molecule has 0 radical (unpaired) electrons. The Bertz CT molecular complexity index is 674. The van der Waals surface area contributed by atoms with Crippen molar-refractivity contribution < 1.29 is 14.2 Å². The van der Waals surface area contributed by atoms with E-state index in [9.17, 15) is 0 Å². The molecule has 0 spiro atoms. The Labute approximate surface area is 163 Å². The molecule has 0 amide bonds. The minimum Gasteiger partial charge on any atom is -0.494 e. The molecule has 27 heavy (non-hydrogen) atoms. The fourth-order valence-electron chi connectivity index (χ4n) is 2.57. The zero-order valence-corrected chi connectivity index (χ0v) is 16.2. The lowest BCUT2D eigenvalue weighted by atomic mass is 10.1. The lowest BCUT2D eigenvalue weighted by Gasteiger charge is -2.18. The summed E-state index contributed by atoms with van der Waals surface area (Å²) in [5.74, 6) is 1.72. The Morgan fingerprint density at radius 3 is 2.19 bits per heavy atom. The Morgan fingerprint density at radius 2 is 1.56 bits per heavy atom. The molecule has 0 saturated heterocycles. The van der Waals surface area contributed by atoms with Gasteiger partial charge in [-0.15, -0.1) is 6.58 Å². The van der Waals surface area contributed by atoms with E-state index in [2.05, 4.69) is 32.2 Å². The fourth-order valence-corrected chi connectivity index (χ4v) is 2.57. The SMILES string of the molecule is C=CCc1ccc(OCCCCOC(CC)Oc2ccc(C=C)cc2)cc1. The Hall–Kier alpha value is -2.52. The van der Waals surface area contributed by atoms with Crippen LogP contribution in [0.15, 0.2) is 67.8 Å². The van der Waals surface area contributed by atoms with E-state index in [0.717, 1.165) is 42.7 Å². The van der Waals surface area contributed by atoms with Crippen molar-refractivity contribution in [1.29, 1.82) is 0 Å². The third-order valence-corrected chi connectivity index (χ3v) is 4.13. The maximum Gasteiger partial charge on any atom is 0.199 e. The van der Waals surface area contributed by atoms with Crippen molar-refractivity contribution in [2.24, 2.45) is 0 Å². The molecule has 0 N–H and O–H groups in total. The van der Waals surface area contributed by atoms with Crippen molar-refractivity contribution >= 4 is 6.08 Å². The van der Waals surface area contributed by atoms with Gasteiger partial charge in [0.05, 0.1) is 13.2 Å². The quantitative estimate of drug-likeness (QED) is 0.245. The third kappa shape index (κ3) is 7.71. The van der Waals surface area contributed by atoms with E-state index in [1.54, 1.807) is 0 Å². The van der Waals surface area contributed by atoms with Crippen LogP contribution in [0.2, 0.25) is 0 Å². The second-order valence-corrected chi connectivity index (χ2v) is 6.29. The van der Waals surface area contributed by atoms with Crippen LogP contribution in [-0.4, -0.2) is 19.5 Å². The molecule has 0 heterocycles. The van der Waals surface area contributed by atoms with E-state index in [4.69, 9.17) is 14.2 Å². The molecular weight excluding hydrogens is 336 g/mol. The first kappa shape index (κ1) is 20.8. The summed E-state index contributed by atoms with van der Waals surface area (Å²) in [5.41, 5.74) is 2.32. The molecule has 1 unspecified atom stereocenters. The number of hydrogen-bond donors (Lipinski definition) is 0. The first-order valence-corrected chi connectivity index (χ1v) is 9.58. The summed E-state index contributed by atoms with van der Waals surface area (Å²) >= 11 is 0. The average Bonchev–Trinajstić information content (AvgIpc) is 2.71. The zero-order valence-electron chi connectivity index (χ0n) is 16.2. The number of rotatable bonds is 13. The molecule has 0 aliphatic heterocycles. The third-order valence-electron chi connectivity index (χ3n) is 4.13. The van der Waals surface area contributed by atoms with E-state index in [1.807, 2.05) is 48.6 Å². The summed E-state index contributed by atoms with van der Waals surface area (Å²) in [7, 11) is 0. The number of ether oxygens (including phenoxy) is 3. The van der Waals surface area contributed by atoms with Crippen LogP contribution in [0.3, 0.4) is 0 Å². The molecule has 2 aromatic carbocycles. The number of benzene rings is 2. The summed E-state index contributed by atoms with van der Waals surface area (Å²) in [6, 6.07) is 16.0.